The van der Waals surface area contributed by atoms with E-state index in [9.17, 15) is 19.3 Å². The SMILES string of the molecule is Cc1ccc(NC(=O)CCCNc2ccccc2[N+](=O)[O-])cc1F. The van der Waals surface area contributed by atoms with E-state index >= 15 is 0 Å². The molecular formula is C17H18FN3O3. The van der Waals surface area contributed by atoms with E-state index in [4.69, 9.17) is 0 Å². The molecule has 0 spiro atoms. The molecule has 7 heteroatoms. The summed E-state index contributed by atoms with van der Waals surface area (Å²) < 4.78 is 13.4. The summed E-state index contributed by atoms with van der Waals surface area (Å²) in [4.78, 5) is 22.3. The number of halogens is 1. The molecule has 0 atom stereocenters. The molecule has 2 rings (SSSR count). The highest BCUT2D eigenvalue weighted by Gasteiger charge is 2.11. The number of hydrogen-bond acceptors (Lipinski definition) is 4. The van der Waals surface area contributed by atoms with E-state index in [0.717, 1.165) is 0 Å². The Morgan fingerprint density at radius 3 is 2.71 bits per heavy atom. The molecule has 0 saturated heterocycles. The molecular weight excluding hydrogens is 313 g/mol. The second kappa shape index (κ2) is 8.05. The van der Waals surface area contributed by atoms with Gasteiger partial charge in [-0.25, -0.2) is 4.39 Å². The molecule has 0 unspecified atom stereocenters. The first-order valence-corrected chi connectivity index (χ1v) is 7.50. The number of anilines is 2. The molecule has 0 aliphatic rings. The summed E-state index contributed by atoms with van der Waals surface area (Å²) in [7, 11) is 0. The Hall–Kier alpha value is -2.96. The van der Waals surface area contributed by atoms with Crippen LogP contribution in [0, 0.1) is 22.9 Å². The Labute approximate surface area is 138 Å². The first kappa shape index (κ1) is 17.4. The molecule has 24 heavy (non-hydrogen) atoms. The van der Waals surface area contributed by atoms with E-state index in [1.165, 1.54) is 12.1 Å². The molecule has 6 nitrogen and oxygen atoms in total. The van der Waals surface area contributed by atoms with Crippen LogP contribution < -0.4 is 10.6 Å². The Balaban J connectivity index is 1.79. The van der Waals surface area contributed by atoms with Crippen LogP contribution in [0.2, 0.25) is 0 Å². The van der Waals surface area contributed by atoms with Crippen molar-refractivity contribution in [2.24, 2.45) is 0 Å². The molecule has 0 radical (unpaired) electrons. The molecule has 1 amide bonds. The number of nitro benzene ring substituents is 1. The normalized spacial score (nSPS) is 10.2. The van der Waals surface area contributed by atoms with Gasteiger partial charge in [0.25, 0.3) is 5.69 Å². The molecule has 126 valence electrons. The maximum Gasteiger partial charge on any atom is 0.292 e. The number of aryl methyl sites for hydroxylation is 1. The van der Waals surface area contributed by atoms with Gasteiger partial charge in [0.1, 0.15) is 11.5 Å². The lowest BCUT2D eigenvalue weighted by Gasteiger charge is -2.08. The first-order valence-electron chi connectivity index (χ1n) is 7.50. The van der Waals surface area contributed by atoms with Crippen LogP contribution in [0.4, 0.5) is 21.5 Å². The largest absolute Gasteiger partial charge is 0.379 e. The van der Waals surface area contributed by atoms with Gasteiger partial charge in [-0.15, -0.1) is 0 Å². The van der Waals surface area contributed by atoms with Crippen molar-refractivity contribution in [2.45, 2.75) is 19.8 Å². The number of carbonyl (C=O) groups excluding carboxylic acids is 1. The van der Waals surface area contributed by atoms with Gasteiger partial charge < -0.3 is 10.6 Å². The van der Waals surface area contributed by atoms with Crippen LogP contribution in [0.1, 0.15) is 18.4 Å². The van der Waals surface area contributed by atoms with Crippen LogP contribution in [0.3, 0.4) is 0 Å². The van der Waals surface area contributed by atoms with Crippen molar-refractivity contribution in [3.63, 3.8) is 0 Å². The molecule has 2 aromatic rings. The fraction of sp³-hybridized carbons (Fsp3) is 0.235. The lowest BCUT2D eigenvalue weighted by molar-refractivity contribution is -0.384. The highest BCUT2D eigenvalue weighted by Crippen LogP contribution is 2.23. The minimum atomic E-state index is -0.457. The summed E-state index contributed by atoms with van der Waals surface area (Å²) in [6, 6.07) is 10.8. The van der Waals surface area contributed by atoms with Crippen LogP contribution in [-0.2, 0) is 4.79 Å². The summed E-state index contributed by atoms with van der Waals surface area (Å²) in [6.07, 6.45) is 0.718. The van der Waals surface area contributed by atoms with Crippen molar-refractivity contribution in [3.05, 3.63) is 64.0 Å². The predicted octanol–water partition coefficient (Wildman–Crippen LogP) is 3.87. The zero-order valence-electron chi connectivity index (χ0n) is 13.2. The fourth-order valence-corrected chi connectivity index (χ4v) is 2.15. The second-order valence-electron chi connectivity index (χ2n) is 5.32. The third-order valence-electron chi connectivity index (χ3n) is 3.45. The Morgan fingerprint density at radius 2 is 2.00 bits per heavy atom. The molecule has 0 heterocycles. The van der Waals surface area contributed by atoms with Crippen molar-refractivity contribution in [1.82, 2.24) is 0 Å². The van der Waals surface area contributed by atoms with Crippen molar-refractivity contribution < 1.29 is 14.1 Å². The van der Waals surface area contributed by atoms with Gasteiger partial charge in [0.05, 0.1) is 4.92 Å². The van der Waals surface area contributed by atoms with E-state index in [1.807, 2.05) is 0 Å². The van der Waals surface area contributed by atoms with Gasteiger partial charge in [-0.05, 0) is 37.1 Å². The Kier molecular flexibility index (Phi) is 5.83. The highest BCUT2D eigenvalue weighted by molar-refractivity contribution is 5.90. The standard InChI is InChI=1S/C17H18FN3O3/c1-12-8-9-13(11-14(12)18)20-17(22)7-4-10-19-15-5-2-3-6-16(15)21(23)24/h2-3,5-6,8-9,11,19H,4,7,10H2,1H3,(H,20,22). The number of para-hydroxylation sites is 2. The quantitative estimate of drug-likeness (QED) is 0.458. The maximum atomic E-state index is 13.4. The van der Waals surface area contributed by atoms with E-state index in [2.05, 4.69) is 10.6 Å². The summed E-state index contributed by atoms with van der Waals surface area (Å²) in [5.74, 6) is -0.603. The number of carbonyl (C=O) groups is 1. The molecule has 0 aliphatic heterocycles. The summed E-state index contributed by atoms with van der Waals surface area (Å²) in [6.45, 7) is 2.07. The average molecular weight is 331 g/mol. The van der Waals surface area contributed by atoms with Gasteiger partial charge in [0.15, 0.2) is 0 Å². The zero-order chi connectivity index (χ0) is 17.5. The van der Waals surface area contributed by atoms with Crippen LogP contribution in [-0.4, -0.2) is 17.4 Å². The molecule has 0 aromatic heterocycles. The monoisotopic (exact) mass is 331 g/mol. The highest BCUT2D eigenvalue weighted by atomic mass is 19.1. The zero-order valence-corrected chi connectivity index (χ0v) is 13.2. The van der Waals surface area contributed by atoms with Crippen molar-refractivity contribution in [1.29, 1.82) is 0 Å². The van der Waals surface area contributed by atoms with Crippen molar-refractivity contribution in [3.8, 4) is 0 Å². The number of nitrogens with zero attached hydrogens (tertiary/aromatic N) is 1. The topological polar surface area (TPSA) is 84.3 Å². The third-order valence-corrected chi connectivity index (χ3v) is 3.45. The van der Waals surface area contributed by atoms with Gasteiger partial charge in [0.2, 0.25) is 5.91 Å². The Morgan fingerprint density at radius 1 is 1.25 bits per heavy atom. The number of rotatable bonds is 7. The van der Waals surface area contributed by atoms with Gasteiger partial charge in [-0.1, -0.05) is 18.2 Å². The number of nitro groups is 1. The Bertz CT molecular complexity index is 750. The van der Waals surface area contributed by atoms with Gasteiger partial charge in [0, 0.05) is 24.7 Å². The van der Waals surface area contributed by atoms with Crippen LogP contribution in [0.25, 0.3) is 0 Å². The molecule has 2 N–H and O–H groups in total. The second-order valence-corrected chi connectivity index (χ2v) is 5.32. The number of amides is 1. The predicted molar refractivity (Wildman–Crippen MR) is 90.6 cm³/mol. The molecule has 2 aromatic carbocycles. The third kappa shape index (κ3) is 4.77. The maximum absolute atomic E-state index is 13.4. The van der Waals surface area contributed by atoms with Gasteiger partial charge >= 0.3 is 0 Å². The minimum absolute atomic E-state index is 0.00270. The van der Waals surface area contributed by atoms with Crippen molar-refractivity contribution in [2.75, 3.05) is 17.2 Å². The first-order chi connectivity index (χ1) is 11.5. The van der Waals surface area contributed by atoms with E-state index in [1.54, 1.807) is 37.3 Å². The fourth-order valence-electron chi connectivity index (χ4n) is 2.15. The van der Waals surface area contributed by atoms with Gasteiger partial charge in [-0.2, -0.15) is 0 Å². The molecule has 0 aliphatic carbocycles. The van der Waals surface area contributed by atoms with E-state index in [0.29, 0.717) is 29.9 Å². The summed E-state index contributed by atoms with van der Waals surface area (Å²) in [5.41, 5.74) is 1.34. The van der Waals surface area contributed by atoms with Gasteiger partial charge in [-0.3, -0.25) is 14.9 Å². The molecule has 0 saturated carbocycles. The van der Waals surface area contributed by atoms with Crippen LogP contribution >= 0.6 is 0 Å². The summed E-state index contributed by atoms with van der Waals surface area (Å²) >= 11 is 0. The lowest BCUT2D eigenvalue weighted by Crippen LogP contribution is -2.14. The van der Waals surface area contributed by atoms with E-state index < -0.39 is 4.92 Å². The number of hydrogen-bond donors (Lipinski definition) is 2. The van der Waals surface area contributed by atoms with Crippen molar-refractivity contribution >= 4 is 23.0 Å². The molecule has 0 bridgehead atoms. The molecule has 0 fully saturated rings. The lowest BCUT2D eigenvalue weighted by atomic mass is 10.2. The number of benzene rings is 2. The minimum Gasteiger partial charge on any atom is -0.379 e. The van der Waals surface area contributed by atoms with Crippen LogP contribution in [0.15, 0.2) is 42.5 Å². The summed E-state index contributed by atoms with van der Waals surface area (Å²) in [5, 5.41) is 16.5. The van der Waals surface area contributed by atoms with E-state index in [-0.39, 0.29) is 23.8 Å². The smallest absolute Gasteiger partial charge is 0.292 e. The van der Waals surface area contributed by atoms with Crippen LogP contribution in [0.5, 0.6) is 0 Å². The average Bonchev–Trinajstić information content (AvgIpc) is 2.55. The number of nitrogens with one attached hydrogen (secondary N) is 2.